The Morgan fingerprint density at radius 3 is 2.56 bits per heavy atom. The van der Waals surface area contributed by atoms with Gasteiger partial charge in [0.25, 0.3) is 5.91 Å². The van der Waals surface area contributed by atoms with Crippen molar-refractivity contribution in [2.75, 3.05) is 42.5 Å². The number of rotatable bonds is 6. The second kappa shape index (κ2) is 8.84. The van der Waals surface area contributed by atoms with E-state index in [2.05, 4.69) is 33.9 Å². The molecule has 1 amide bonds. The molecule has 0 radical (unpaired) electrons. The second-order valence-corrected chi connectivity index (χ2v) is 7.30. The highest BCUT2D eigenvalue weighted by Gasteiger charge is 2.20. The van der Waals surface area contributed by atoms with Gasteiger partial charge in [-0.05, 0) is 30.5 Å². The third-order valence-electron chi connectivity index (χ3n) is 4.83. The lowest BCUT2D eigenvalue weighted by Crippen LogP contribution is -2.47. The van der Waals surface area contributed by atoms with Gasteiger partial charge >= 0.3 is 0 Å². The minimum atomic E-state index is -0.187. The zero-order valence-electron chi connectivity index (χ0n) is 16.0. The first kappa shape index (κ1) is 19.1. The van der Waals surface area contributed by atoms with E-state index in [1.54, 1.807) is 18.5 Å². The first-order valence-electron chi connectivity index (χ1n) is 9.52. The molecule has 1 N–H and O–H groups in total. The number of anilines is 2. The fourth-order valence-corrected chi connectivity index (χ4v) is 3.22. The highest BCUT2D eigenvalue weighted by molar-refractivity contribution is 5.94. The smallest absolute Gasteiger partial charge is 0.252 e. The Balaban J connectivity index is 1.60. The molecule has 2 aromatic rings. The van der Waals surface area contributed by atoms with Crippen LogP contribution in [-0.2, 0) is 0 Å². The van der Waals surface area contributed by atoms with Gasteiger partial charge in [-0.1, -0.05) is 26.0 Å². The van der Waals surface area contributed by atoms with E-state index >= 15 is 0 Å². The molecule has 1 aromatic carbocycles. The maximum Gasteiger partial charge on any atom is 0.252 e. The van der Waals surface area contributed by atoms with Gasteiger partial charge in [-0.15, -0.1) is 0 Å². The Morgan fingerprint density at radius 2 is 1.85 bits per heavy atom. The normalized spacial score (nSPS) is 14.5. The van der Waals surface area contributed by atoms with Gasteiger partial charge in [0.2, 0.25) is 0 Å². The maximum atomic E-state index is 14.0. The van der Waals surface area contributed by atoms with Gasteiger partial charge in [0.05, 0.1) is 23.1 Å². The van der Waals surface area contributed by atoms with Crippen molar-refractivity contribution in [3.05, 3.63) is 54.1 Å². The summed E-state index contributed by atoms with van der Waals surface area (Å²) in [5, 5.41) is 2.95. The van der Waals surface area contributed by atoms with Gasteiger partial charge < -0.3 is 15.1 Å². The Hall–Kier alpha value is -2.63. The van der Waals surface area contributed by atoms with Crippen LogP contribution in [0.15, 0.2) is 42.7 Å². The molecule has 3 rings (SSSR count). The lowest BCUT2D eigenvalue weighted by molar-refractivity contribution is 0.0951. The summed E-state index contributed by atoms with van der Waals surface area (Å²) in [6, 6.07) is 8.76. The summed E-state index contributed by atoms with van der Waals surface area (Å²) in [5.41, 5.74) is 2.15. The number of amides is 1. The van der Waals surface area contributed by atoms with Crippen molar-refractivity contribution in [3.63, 3.8) is 0 Å². The molecule has 2 heterocycles. The Bertz CT molecular complexity index is 772. The molecule has 0 unspecified atom stereocenters. The summed E-state index contributed by atoms with van der Waals surface area (Å²) in [4.78, 5) is 20.8. The number of pyridine rings is 1. The molecule has 27 heavy (non-hydrogen) atoms. The molecule has 144 valence electrons. The number of carbonyl (C=O) groups excluding carboxylic acids is 1. The van der Waals surface area contributed by atoms with Crippen molar-refractivity contribution in [1.82, 2.24) is 10.3 Å². The van der Waals surface area contributed by atoms with Gasteiger partial charge in [-0.3, -0.25) is 9.78 Å². The van der Waals surface area contributed by atoms with Crippen LogP contribution in [0.1, 0.15) is 30.6 Å². The van der Waals surface area contributed by atoms with Crippen molar-refractivity contribution < 1.29 is 9.18 Å². The molecule has 1 aromatic heterocycles. The summed E-state index contributed by atoms with van der Waals surface area (Å²) in [6.45, 7) is 7.91. The number of nitrogens with zero attached hydrogens (tertiary/aromatic N) is 3. The van der Waals surface area contributed by atoms with Crippen LogP contribution in [0.3, 0.4) is 0 Å². The third-order valence-corrected chi connectivity index (χ3v) is 4.83. The number of hydrogen-bond donors (Lipinski definition) is 1. The van der Waals surface area contributed by atoms with E-state index in [4.69, 9.17) is 0 Å². The van der Waals surface area contributed by atoms with Crippen LogP contribution < -0.4 is 15.1 Å². The molecule has 1 aliphatic heterocycles. The number of benzene rings is 1. The summed E-state index contributed by atoms with van der Waals surface area (Å²) in [7, 11) is 0. The van der Waals surface area contributed by atoms with Crippen LogP contribution in [0.5, 0.6) is 0 Å². The molecular formula is C21H27FN4O. The molecule has 1 aliphatic rings. The standard InChI is InChI=1S/C21H27FN4O/c1-16(2)7-8-24-21(27)17-13-18(15-23-14-17)25-9-11-26(12-10-25)20-6-4-3-5-19(20)22/h3-6,13-16H,7-12H2,1-2H3,(H,24,27). The summed E-state index contributed by atoms with van der Waals surface area (Å²) in [6.07, 6.45) is 4.34. The van der Waals surface area contributed by atoms with Gasteiger partial charge in [0.1, 0.15) is 5.82 Å². The fourth-order valence-electron chi connectivity index (χ4n) is 3.22. The number of carbonyl (C=O) groups is 1. The topological polar surface area (TPSA) is 48.5 Å². The maximum absolute atomic E-state index is 14.0. The summed E-state index contributed by atoms with van der Waals surface area (Å²) >= 11 is 0. The monoisotopic (exact) mass is 370 g/mol. The molecule has 1 fully saturated rings. The predicted octanol–water partition coefficient (Wildman–Crippen LogP) is 3.32. The predicted molar refractivity (Wildman–Crippen MR) is 107 cm³/mol. The average molecular weight is 370 g/mol. The van der Waals surface area contributed by atoms with Crippen LogP contribution in [0, 0.1) is 11.7 Å². The van der Waals surface area contributed by atoms with E-state index < -0.39 is 0 Å². The number of para-hydroxylation sites is 1. The SMILES string of the molecule is CC(C)CCNC(=O)c1cncc(N2CCN(c3ccccc3F)CC2)c1. The van der Waals surface area contributed by atoms with Gasteiger partial charge in [0.15, 0.2) is 0 Å². The van der Waals surface area contributed by atoms with E-state index in [1.807, 2.05) is 18.2 Å². The number of piperazine rings is 1. The van der Waals surface area contributed by atoms with Crippen LogP contribution in [0.25, 0.3) is 0 Å². The third kappa shape index (κ3) is 4.96. The first-order valence-corrected chi connectivity index (χ1v) is 9.52. The van der Waals surface area contributed by atoms with Crippen LogP contribution in [0.4, 0.5) is 15.8 Å². The molecule has 6 heteroatoms. The van der Waals surface area contributed by atoms with Crippen LogP contribution >= 0.6 is 0 Å². The number of halogens is 1. The number of hydrogen-bond acceptors (Lipinski definition) is 4. The number of aromatic nitrogens is 1. The Morgan fingerprint density at radius 1 is 1.15 bits per heavy atom. The largest absolute Gasteiger partial charge is 0.367 e. The molecule has 0 saturated carbocycles. The molecule has 0 aliphatic carbocycles. The highest BCUT2D eigenvalue weighted by atomic mass is 19.1. The minimum Gasteiger partial charge on any atom is -0.367 e. The fraction of sp³-hybridized carbons (Fsp3) is 0.429. The Labute approximate surface area is 160 Å². The van der Waals surface area contributed by atoms with Crippen molar-refractivity contribution in [2.45, 2.75) is 20.3 Å². The molecular weight excluding hydrogens is 343 g/mol. The van der Waals surface area contributed by atoms with Crippen molar-refractivity contribution in [3.8, 4) is 0 Å². The van der Waals surface area contributed by atoms with E-state index in [0.717, 1.165) is 38.3 Å². The Kier molecular flexibility index (Phi) is 6.27. The quantitative estimate of drug-likeness (QED) is 0.847. The van der Waals surface area contributed by atoms with Crippen LogP contribution in [0.2, 0.25) is 0 Å². The molecule has 1 saturated heterocycles. The first-order chi connectivity index (χ1) is 13.0. The summed E-state index contributed by atoms with van der Waals surface area (Å²) < 4.78 is 14.0. The van der Waals surface area contributed by atoms with Crippen molar-refractivity contribution in [2.24, 2.45) is 5.92 Å². The zero-order valence-corrected chi connectivity index (χ0v) is 16.0. The number of nitrogens with one attached hydrogen (secondary N) is 1. The lowest BCUT2D eigenvalue weighted by atomic mass is 10.1. The molecule has 0 bridgehead atoms. The van der Waals surface area contributed by atoms with Gasteiger partial charge in [-0.25, -0.2) is 4.39 Å². The lowest BCUT2D eigenvalue weighted by Gasteiger charge is -2.37. The van der Waals surface area contributed by atoms with Crippen molar-refractivity contribution in [1.29, 1.82) is 0 Å². The molecule has 5 nitrogen and oxygen atoms in total. The van der Waals surface area contributed by atoms with Crippen LogP contribution in [-0.4, -0.2) is 43.6 Å². The molecule has 0 spiro atoms. The van der Waals surface area contributed by atoms with E-state index in [0.29, 0.717) is 23.7 Å². The van der Waals surface area contributed by atoms with E-state index in [1.165, 1.54) is 6.07 Å². The van der Waals surface area contributed by atoms with E-state index in [9.17, 15) is 9.18 Å². The minimum absolute atomic E-state index is 0.0880. The zero-order chi connectivity index (χ0) is 19.2. The average Bonchev–Trinajstić information content (AvgIpc) is 2.68. The van der Waals surface area contributed by atoms with Gasteiger partial charge in [0, 0.05) is 38.9 Å². The summed E-state index contributed by atoms with van der Waals surface area (Å²) in [5.74, 6) is 0.281. The highest BCUT2D eigenvalue weighted by Crippen LogP contribution is 2.23. The van der Waals surface area contributed by atoms with E-state index in [-0.39, 0.29) is 11.7 Å². The van der Waals surface area contributed by atoms with Crippen molar-refractivity contribution >= 4 is 17.3 Å². The van der Waals surface area contributed by atoms with Gasteiger partial charge in [-0.2, -0.15) is 0 Å². The second-order valence-electron chi connectivity index (χ2n) is 7.30. The molecule has 0 atom stereocenters.